The smallest absolute Gasteiger partial charge is 0.196 e. The molecule has 2 rings (SSSR count). The minimum Gasteiger partial charge on any atom is -0.307 e. The summed E-state index contributed by atoms with van der Waals surface area (Å²) in [7, 11) is 0. The molecule has 0 saturated carbocycles. The van der Waals surface area contributed by atoms with Crippen LogP contribution in [-0.2, 0) is 6.54 Å². The molecule has 76 valence electrons. The molecule has 0 aliphatic rings. The predicted molar refractivity (Wildman–Crippen MR) is 58.7 cm³/mol. The lowest BCUT2D eigenvalue weighted by Gasteiger charge is -2.03. The van der Waals surface area contributed by atoms with Crippen molar-refractivity contribution in [2.75, 3.05) is 0 Å². The summed E-state index contributed by atoms with van der Waals surface area (Å²) >= 11 is 3.36. The van der Waals surface area contributed by atoms with Crippen LogP contribution in [0.2, 0.25) is 0 Å². The molecule has 0 spiro atoms. The molecule has 1 aromatic carbocycles. The second kappa shape index (κ2) is 4.35. The summed E-state index contributed by atoms with van der Waals surface area (Å²) in [5, 5.41) is 7.36. The van der Waals surface area contributed by atoms with E-state index in [2.05, 4.69) is 26.1 Å². The number of carbonyl (C=O) groups is 1. The van der Waals surface area contributed by atoms with E-state index in [9.17, 15) is 4.79 Å². The third-order valence-electron chi connectivity index (χ3n) is 2.02. The van der Waals surface area contributed by atoms with Crippen LogP contribution in [0.25, 0.3) is 0 Å². The number of rotatable bonds is 3. The van der Waals surface area contributed by atoms with Crippen molar-refractivity contribution in [2.24, 2.45) is 0 Å². The van der Waals surface area contributed by atoms with Crippen molar-refractivity contribution in [2.45, 2.75) is 6.54 Å². The summed E-state index contributed by atoms with van der Waals surface area (Å²) in [6, 6.07) is 7.89. The van der Waals surface area contributed by atoms with Crippen molar-refractivity contribution >= 4 is 22.2 Å². The van der Waals surface area contributed by atoms with E-state index < -0.39 is 0 Å². The van der Waals surface area contributed by atoms with Gasteiger partial charge in [-0.1, -0.05) is 28.1 Å². The van der Waals surface area contributed by atoms with Gasteiger partial charge in [0, 0.05) is 4.47 Å². The van der Waals surface area contributed by atoms with Crippen molar-refractivity contribution < 1.29 is 4.79 Å². The zero-order chi connectivity index (χ0) is 10.7. The normalized spacial score (nSPS) is 10.2. The molecule has 0 aliphatic heterocycles. The Hall–Kier alpha value is -1.49. The minimum absolute atomic E-state index is 0.345. The molecule has 0 saturated heterocycles. The number of aldehydes is 1. The molecule has 0 bridgehead atoms. The van der Waals surface area contributed by atoms with E-state index in [0.29, 0.717) is 18.7 Å². The van der Waals surface area contributed by atoms with Gasteiger partial charge in [-0.15, -0.1) is 10.2 Å². The largest absolute Gasteiger partial charge is 0.307 e. The summed E-state index contributed by atoms with van der Waals surface area (Å²) in [5.74, 6) is 0.345. The van der Waals surface area contributed by atoms with Crippen LogP contribution in [0.4, 0.5) is 0 Å². The number of hydrogen-bond acceptors (Lipinski definition) is 3. The van der Waals surface area contributed by atoms with Crippen molar-refractivity contribution in [3.8, 4) is 0 Å². The Morgan fingerprint density at radius 2 is 2.07 bits per heavy atom. The second-order valence-corrected chi connectivity index (χ2v) is 3.98. The summed E-state index contributed by atoms with van der Waals surface area (Å²) in [5.41, 5.74) is 1.10. The molecule has 1 aromatic heterocycles. The molecular weight excluding hydrogens is 258 g/mol. The van der Waals surface area contributed by atoms with E-state index in [1.807, 2.05) is 24.3 Å². The highest BCUT2D eigenvalue weighted by atomic mass is 79.9. The molecule has 0 atom stereocenters. The van der Waals surface area contributed by atoms with Crippen molar-refractivity contribution in [3.05, 3.63) is 46.5 Å². The molecular formula is C10H8BrN3O. The molecule has 15 heavy (non-hydrogen) atoms. The molecule has 0 amide bonds. The maximum atomic E-state index is 10.6. The van der Waals surface area contributed by atoms with Crippen LogP contribution < -0.4 is 0 Å². The molecule has 0 fully saturated rings. The van der Waals surface area contributed by atoms with Crippen LogP contribution in [0.15, 0.2) is 35.1 Å². The zero-order valence-corrected chi connectivity index (χ0v) is 9.39. The first kappa shape index (κ1) is 10.0. The van der Waals surface area contributed by atoms with Gasteiger partial charge in [-0.25, -0.2) is 0 Å². The number of nitrogens with zero attached hydrogens (tertiary/aromatic N) is 3. The van der Waals surface area contributed by atoms with Gasteiger partial charge in [0.1, 0.15) is 6.33 Å². The molecule has 0 aliphatic carbocycles. The summed E-state index contributed by atoms with van der Waals surface area (Å²) in [4.78, 5) is 10.6. The Bertz CT molecular complexity index is 464. The highest BCUT2D eigenvalue weighted by Gasteiger charge is 2.02. The highest BCUT2D eigenvalue weighted by molar-refractivity contribution is 9.10. The van der Waals surface area contributed by atoms with Gasteiger partial charge in [0.2, 0.25) is 0 Å². The van der Waals surface area contributed by atoms with Crippen LogP contribution in [-0.4, -0.2) is 21.1 Å². The first-order chi connectivity index (χ1) is 7.29. The minimum atomic E-state index is 0.345. The van der Waals surface area contributed by atoms with Crippen molar-refractivity contribution in [1.82, 2.24) is 14.8 Å². The first-order valence-corrected chi connectivity index (χ1v) is 5.16. The van der Waals surface area contributed by atoms with Gasteiger partial charge in [0.05, 0.1) is 6.54 Å². The monoisotopic (exact) mass is 265 g/mol. The Balaban J connectivity index is 2.21. The summed E-state index contributed by atoms with van der Waals surface area (Å²) in [6.07, 6.45) is 2.25. The van der Waals surface area contributed by atoms with E-state index in [1.165, 1.54) is 0 Å². The lowest BCUT2D eigenvalue weighted by atomic mass is 10.2. The van der Waals surface area contributed by atoms with E-state index in [-0.39, 0.29) is 0 Å². The Kier molecular flexibility index (Phi) is 2.91. The average Bonchev–Trinajstić information content (AvgIpc) is 2.69. The molecule has 2 aromatic rings. The maximum Gasteiger partial charge on any atom is 0.196 e. The molecule has 4 nitrogen and oxygen atoms in total. The fourth-order valence-corrected chi connectivity index (χ4v) is 1.53. The second-order valence-electron chi connectivity index (χ2n) is 3.06. The lowest BCUT2D eigenvalue weighted by molar-refractivity contribution is 0.111. The third kappa shape index (κ3) is 2.30. The standard InChI is InChI=1S/C10H8BrN3O/c11-9-3-1-8(2-4-9)5-14-7-12-13-10(14)6-15/h1-4,6-7H,5H2. The Morgan fingerprint density at radius 1 is 1.33 bits per heavy atom. The SMILES string of the molecule is O=Cc1nncn1Cc1ccc(Br)cc1. The highest BCUT2D eigenvalue weighted by Crippen LogP contribution is 2.11. The van der Waals surface area contributed by atoms with Crippen LogP contribution in [0, 0.1) is 0 Å². The topological polar surface area (TPSA) is 47.8 Å². The fraction of sp³-hybridized carbons (Fsp3) is 0.100. The summed E-state index contributed by atoms with van der Waals surface area (Å²) in [6.45, 7) is 0.606. The summed E-state index contributed by atoms with van der Waals surface area (Å²) < 4.78 is 2.74. The first-order valence-electron chi connectivity index (χ1n) is 4.37. The van der Waals surface area contributed by atoms with Gasteiger partial charge in [-0.2, -0.15) is 0 Å². The number of halogens is 1. The van der Waals surface area contributed by atoms with Crippen molar-refractivity contribution in [1.29, 1.82) is 0 Å². The Labute approximate surface area is 95.1 Å². The number of benzene rings is 1. The van der Waals surface area contributed by atoms with Gasteiger partial charge >= 0.3 is 0 Å². The number of hydrogen-bond donors (Lipinski definition) is 0. The van der Waals surface area contributed by atoms with Gasteiger partial charge in [-0.3, -0.25) is 4.79 Å². The van der Waals surface area contributed by atoms with Gasteiger partial charge in [0.25, 0.3) is 0 Å². The molecule has 0 N–H and O–H groups in total. The van der Waals surface area contributed by atoms with Crippen LogP contribution in [0.5, 0.6) is 0 Å². The molecule has 0 unspecified atom stereocenters. The van der Waals surface area contributed by atoms with Crippen LogP contribution >= 0.6 is 15.9 Å². The molecule has 0 radical (unpaired) electrons. The maximum absolute atomic E-state index is 10.6. The van der Waals surface area contributed by atoms with Crippen LogP contribution in [0.1, 0.15) is 16.2 Å². The van der Waals surface area contributed by atoms with Crippen LogP contribution in [0.3, 0.4) is 0 Å². The van der Waals surface area contributed by atoms with Crippen molar-refractivity contribution in [3.63, 3.8) is 0 Å². The van der Waals surface area contributed by atoms with E-state index in [4.69, 9.17) is 0 Å². The predicted octanol–water partition coefficient (Wildman–Crippen LogP) is 1.90. The number of aromatic nitrogens is 3. The van der Waals surface area contributed by atoms with E-state index in [0.717, 1.165) is 10.0 Å². The van der Waals surface area contributed by atoms with E-state index in [1.54, 1.807) is 10.9 Å². The zero-order valence-electron chi connectivity index (χ0n) is 7.80. The van der Waals surface area contributed by atoms with Gasteiger partial charge in [0.15, 0.2) is 12.1 Å². The molecule has 1 heterocycles. The van der Waals surface area contributed by atoms with Gasteiger partial charge < -0.3 is 4.57 Å². The lowest BCUT2D eigenvalue weighted by Crippen LogP contribution is -2.02. The quantitative estimate of drug-likeness (QED) is 0.797. The van der Waals surface area contributed by atoms with Gasteiger partial charge in [-0.05, 0) is 17.7 Å². The molecule has 5 heteroatoms. The number of carbonyl (C=O) groups excluding carboxylic acids is 1. The fourth-order valence-electron chi connectivity index (χ4n) is 1.26. The van der Waals surface area contributed by atoms with E-state index >= 15 is 0 Å². The average molecular weight is 266 g/mol. The third-order valence-corrected chi connectivity index (χ3v) is 2.55. The Morgan fingerprint density at radius 3 is 2.73 bits per heavy atom.